The van der Waals surface area contributed by atoms with Crippen molar-refractivity contribution in [3.63, 3.8) is 0 Å². The van der Waals surface area contributed by atoms with Gasteiger partial charge in [-0.2, -0.15) is 0 Å². The molecule has 0 spiro atoms. The summed E-state index contributed by atoms with van der Waals surface area (Å²) in [4.78, 5) is -0.0821. The van der Waals surface area contributed by atoms with E-state index in [-0.39, 0.29) is 22.2 Å². The molecule has 0 unspecified atom stereocenters. The van der Waals surface area contributed by atoms with Gasteiger partial charge in [-0.25, -0.2) is 26.7 Å². The molecule has 0 radical (unpaired) electrons. The monoisotopic (exact) mass is 327 g/mol. The van der Waals surface area contributed by atoms with Gasteiger partial charge in [0.2, 0.25) is 20.0 Å². The van der Waals surface area contributed by atoms with Crippen LogP contribution in [0.3, 0.4) is 0 Å². The van der Waals surface area contributed by atoms with Crippen LogP contribution in [0.15, 0.2) is 17.0 Å². The van der Waals surface area contributed by atoms with Crippen molar-refractivity contribution >= 4 is 37.3 Å². The third-order valence-electron chi connectivity index (χ3n) is 2.25. The van der Waals surface area contributed by atoms with E-state index in [1.54, 1.807) is 6.92 Å². The van der Waals surface area contributed by atoms with Crippen LogP contribution < -0.4 is 15.6 Å². The molecule has 0 atom stereocenters. The van der Waals surface area contributed by atoms with E-state index in [2.05, 4.69) is 4.72 Å². The summed E-state index contributed by atoms with van der Waals surface area (Å²) in [6.45, 7) is 1.30. The minimum Gasteiger partial charge on any atom is -0.397 e. The van der Waals surface area contributed by atoms with Gasteiger partial charge in [0.25, 0.3) is 0 Å². The van der Waals surface area contributed by atoms with Gasteiger partial charge in [0, 0.05) is 6.54 Å². The quantitative estimate of drug-likeness (QED) is 0.644. The van der Waals surface area contributed by atoms with Gasteiger partial charge in [-0.05, 0) is 24.6 Å². The lowest BCUT2D eigenvalue weighted by atomic mass is 10.2. The minimum atomic E-state index is -3.85. The van der Waals surface area contributed by atoms with Gasteiger partial charge in [-0.3, -0.25) is 0 Å². The van der Waals surface area contributed by atoms with Crippen LogP contribution in [0.4, 0.5) is 5.69 Å². The van der Waals surface area contributed by atoms with Gasteiger partial charge in [-0.1, -0.05) is 11.6 Å². The molecule has 0 saturated carbocycles. The van der Waals surface area contributed by atoms with E-state index >= 15 is 0 Å². The molecule has 108 valence electrons. The zero-order valence-electron chi connectivity index (χ0n) is 10.1. The Balaban J connectivity index is 2.95. The van der Waals surface area contributed by atoms with Crippen molar-refractivity contribution in [2.24, 2.45) is 5.14 Å². The maximum absolute atomic E-state index is 11.9. The molecular weight excluding hydrogens is 314 g/mol. The van der Waals surface area contributed by atoms with Crippen LogP contribution in [-0.4, -0.2) is 29.1 Å². The topological polar surface area (TPSA) is 132 Å². The second-order valence-electron chi connectivity index (χ2n) is 3.91. The standard InChI is InChI=1S/C9H14ClN3O4S2/c1-6-4-7(5-8(11)9(6)10)19(16,17)13-2-3-18(12,14)15/h4-5,13H,2-3,11H2,1H3,(H2,12,14,15). The highest BCUT2D eigenvalue weighted by molar-refractivity contribution is 7.90. The van der Waals surface area contributed by atoms with E-state index in [1.165, 1.54) is 12.1 Å². The van der Waals surface area contributed by atoms with Crippen molar-refractivity contribution in [3.05, 3.63) is 22.7 Å². The average Bonchev–Trinajstić information content (AvgIpc) is 2.22. The van der Waals surface area contributed by atoms with Gasteiger partial charge < -0.3 is 5.73 Å². The zero-order valence-corrected chi connectivity index (χ0v) is 12.4. The Bertz CT molecular complexity index is 662. The van der Waals surface area contributed by atoms with Crippen molar-refractivity contribution in [3.8, 4) is 0 Å². The number of primary sulfonamides is 1. The zero-order chi connectivity index (χ0) is 14.8. The molecule has 1 aromatic rings. The van der Waals surface area contributed by atoms with Crippen molar-refractivity contribution in [1.82, 2.24) is 4.72 Å². The van der Waals surface area contributed by atoms with Gasteiger partial charge in [-0.15, -0.1) is 0 Å². The van der Waals surface area contributed by atoms with Crippen molar-refractivity contribution in [1.29, 1.82) is 0 Å². The Morgan fingerprint density at radius 1 is 1.26 bits per heavy atom. The molecule has 7 nitrogen and oxygen atoms in total. The number of benzene rings is 1. The first-order valence-electron chi connectivity index (χ1n) is 5.09. The summed E-state index contributed by atoms with van der Waals surface area (Å²) in [6, 6.07) is 2.55. The predicted molar refractivity (Wildman–Crippen MR) is 73.8 cm³/mol. The number of anilines is 1. The van der Waals surface area contributed by atoms with Crippen molar-refractivity contribution < 1.29 is 16.8 Å². The van der Waals surface area contributed by atoms with Crippen LogP contribution in [-0.2, 0) is 20.0 Å². The second-order valence-corrected chi connectivity index (χ2v) is 7.79. The van der Waals surface area contributed by atoms with Crippen LogP contribution in [0, 0.1) is 6.92 Å². The van der Waals surface area contributed by atoms with E-state index in [1.807, 2.05) is 0 Å². The lowest BCUT2D eigenvalue weighted by Gasteiger charge is -2.09. The molecule has 0 fully saturated rings. The van der Waals surface area contributed by atoms with Gasteiger partial charge >= 0.3 is 0 Å². The first kappa shape index (κ1) is 16.2. The number of hydrogen-bond donors (Lipinski definition) is 3. The van der Waals surface area contributed by atoms with Gasteiger partial charge in [0.15, 0.2) is 0 Å². The SMILES string of the molecule is Cc1cc(S(=O)(=O)NCCS(N)(=O)=O)cc(N)c1Cl. The second kappa shape index (κ2) is 5.63. The summed E-state index contributed by atoms with van der Waals surface area (Å²) >= 11 is 5.83. The lowest BCUT2D eigenvalue weighted by molar-refractivity contribution is 0.581. The number of halogens is 1. The first-order chi connectivity index (χ1) is 8.53. The van der Waals surface area contributed by atoms with E-state index in [0.717, 1.165) is 0 Å². The van der Waals surface area contributed by atoms with E-state index < -0.39 is 25.8 Å². The summed E-state index contributed by atoms with van der Waals surface area (Å²) in [6.07, 6.45) is 0. The van der Waals surface area contributed by atoms with Crippen molar-refractivity contribution in [2.75, 3.05) is 18.0 Å². The Kier molecular flexibility index (Phi) is 4.80. The highest BCUT2D eigenvalue weighted by Crippen LogP contribution is 2.26. The largest absolute Gasteiger partial charge is 0.397 e. The minimum absolute atomic E-state index is 0.0821. The van der Waals surface area contributed by atoms with Gasteiger partial charge in [0.1, 0.15) is 0 Å². The first-order valence-corrected chi connectivity index (χ1v) is 8.66. The van der Waals surface area contributed by atoms with Crippen LogP contribution in [0.25, 0.3) is 0 Å². The van der Waals surface area contributed by atoms with Crippen LogP contribution in [0.1, 0.15) is 5.56 Å². The molecule has 0 aliphatic heterocycles. The third kappa shape index (κ3) is 4.62. The van der Waals surface area contributed by atoms with E-state index in [9.17, 15) is 16.8 Å². The number of hydrogen-bond acceptors (Lipinski definition) is 5. The molecule has 1 aromatic carbocycles. The number of rotatable bonds is 5. The number of nitrogen functional groups attached to an aromatic ring is 1. The Labute approximate surface area is 117 Å². The summed E-state index contributed by atoms with van der Waals surface area (Å²) in [5.41, 5.74) is 6.22. The number of aryl methyl sites for hydroxylation is 1. The summed E-state index contributed by atoms with van der Waals surface area (Å²) in [5.74, 6) is -0.492. The fraction of sp³-hybridized carbons (Fsp3) is 0.333. The number of sulfonamides is 2. The summed E-state index contributed by atoms with van der Waals surface area (Å²) in [7, 11) is -7.58. The third-order valence-corrected chi connectivity index (χ3v) is 4.98. The smallest absolute Gasteiger partial charge is 0.240 e. The summed E-state index contributed by atoms with van der Waals surface area (Å²) < 4.78 is 47.3. The molecular formula is C9H14ClN3O4S2. The Morgan fingerprint density at radius 3 is 2.32 bits per heavy atom. The molecule has 10 heteroatoms. The molecule has 0 aliphatic rings. The maximum Gasteiger partial charge on any atom is 0.240 e. The Hall–Kier alpha value is -0.870. The summed E-state index contributed by atoms with van der Waals surface area (Å²) in [5, 5.41) is 5.05. The highest BCUT2D eigenvalue weighted by atomic mass is 35.5. The molecule has 0 heterocycles. The fourth-order valence-corrected chi connectivity index (χ4v) is 3.10. The molecule has 0 aromatic heterocycles. The molecule has 0 saturated heterocycles. The normalized spacial score (nSPS) is 12.6. The van der Waals surface area contributed by atoms with Crippen LogP contribution in [0.5, 0.6) is 0 Å². The Morgan fingerprint density at radius 2 is 1.84 bits per heavy atom. The van der Waals surface area contributed by atoms with Crippen molar-refractivity contribution in [2.45, 2.75) is 11.8 Å². The van der Waals surface area contributed by atoms with Crippen LogP contribution in [0.2, 0.25) is 5.02 Å². The number of nitrogens with two attached hydrogens (primary N) is 2. The lowest BCUT2D eigenvalue weighted by Crippen LogP contribution is -2.31. The highest BCUT2D eigenvalue weighted by Gasteiger charge is 2.17. The molecule has 0 amide bonds. The maximum atomic E-state index is 11.9. The predicted octanol–water partition coefficient (Wildman–Crippen LogP) is -0.203. The van der Waals surface area contributed by atoms with Gasteiger partial charge in [0.05, 0.1) is 21.4 Å². The average molecular weight is 328 g/mol. The number of nitrogens with one attached hydrogen (secondary N) is 1. The molecule has 1 rings (SSSR count). The fourth-order valence-electron chi connectivity index (χ4n) is 1.32. The molecule has 19 heavy (non-hydrogen) atoms. The molecule has 0 aliphatic carbocycles. The van der Waals surface area contributed by atoms with E-state index in [0.29, 0.717) is 5.56 Å². The molecule has 0 bridgehead atoms. The van der Waals surface area contributed by atoms with Crippen LogP contribution >= 0.6 is 11.6 Å². The van der Waals surface area contributed by atoms with E-state index in [4.69, 9.17) is 22.5 Å². The molecule has 5 N–H and O–H groups in total.